The van der Waals surface area contributed by atoms with Crippen LogP contribution in [0.3, 0.4) is 0 Å². The van der Waals surface area contributed by atoms with Gasteiger partial charge in [-0.1, -0.05) is 58.4 Å². The molecule has 0 bridgehead atoms. The molecule has 0 saturated carbocycles. The van der Waals surface area contributed by atoms with Gasteiger partial charge in [-0.05, 0) is 48.4 Å². The molecule has 5 rings (SSSR count). The van der Waals surface area contributed by atoms with E-state index in [4.69, 9.17) is 4.74 Å². The summed E-state index contributed by atoms with van der Waals surface area (Å²) in [6.45, 7) is 2.31. The molecule has 4 atom stereocenters. The zero-order valence-corrected chi connectivity index (χ0v) is 19.4. The molecule has 2 aliphatic heterocycles. The summed E-state index contributed by atoms with van der Waals surface area (Å²) in [6.07, 6.45) is 0. The molecule has 33 heavy (non-hydrogen) atoms. The molecular formula is C25H22BrN3O4. The smallest absolute Gasteiger partial charge is 0.256 e. The molecule has 1 saturated heterocycles. The molecule has 0 aliphatic carbocycles. The van der Waals surface area contributed by atoms with Gasteiger partial charge in [-0.3, -0.25) is 20.2 Å². The van der Waals surface area contributed by atoms with E-state index in [2.05, 4.69) is 26.6 Å². The van der Waals surface area contributed by atoms with Gasteiger partial charge in [-0.25, -0.2) is 0 Å². The van der Waals surface area contributed by atoms with E-state index in [1.807, 2.05) is 61.5 Å². The van der Waals surface area contributed by atoms with Gasteiger partial charge in [0.15, 0.2) is 5.54 Å². The van der Waals surface area contributed by atoms with Crippen LogP contribution in [0.1, 0.15) is 29.5 Å². The third kappa shape index (κ3) is 3.59. The highest BCUT2D eigenvalue weighted by atomic mass is 79.9. The lowest BCUT2D eigenvalue weighted by Gasteiger charge is -2.25. The number of para-hydroxylation sites is 1. The first-order valence-electron chi connectivity index (χ1n) is 10.7. The molecule has 2 N–H and O–H groups in total. The summed E-state index contributed by atoms with van der Waals surface area (Å²) in [7, 11) is 0. The van der Waals surface area contributed by atoms with Crippen molar-refractivity contribution in [1.29, 1.82) is 0 Å². The largest absolute Gasteiger partial charge is 0.489 e. The van der Waals surface area contributed by atoms with Gasteiger partial charge in [-0.2, -0.15) is 0 Å². The van der Waals surface area contributed by atoms with Crippen molar-refractivity contribution in [2.45, 2.75) is 37.1 Å². The maximum atomic E-state index is 13.1. The van der Waals surface area contributed by atoms with E-state index in [9.17, 15) is 14.9 Å². The van der Waals surface area contributed by atoms with Crippen molar-refractivity contribution in [2.24, 2.45) is 0 Å². The molecule has 7 nitrogen and oxygen atoms in total. The summed E-state index contributed by atoms with van der Waals surface area (Å²) in [5.74, 6) is -0.191. The van der Waals surface area contributed by atoms with Gasteiger partial charge < -0.3 is 10.1 Å². The van der Waals surface area contributed by atoms with Crippen LogP contribution in [0.25, 0.3) is 0 Å². The van der Waals surface area contributed by atoms with Crippen molar-refractivity contribution < 1.29 is 14.5 Å². The molecule has 0 radical (unpaired) electrons. The number of halogens is 1. The number of nitrogens with one attached hydrogen (secondary N) is 2. The normalized spacial score (nSPS) is 25.6. The van der Waals surface area contributed by atoms with E-state index in [0.717, 1.165) is 15.6 Å². The van der Waals surface area contributed by atoms with Gasteiger partial charge in [0.25, 0.3) is 11.9 Å². The Morgan fingerprint density at radius 1 is 1.06 bits per heavy atom. The number of hydrogen-bond donors (Lipinski definition) is 2. The van der Waals surface area contributed by atoms with Crippen molar-refractivity contribution in [2.75, 3.05) is 5.32 Å². The summed E-state index contributed by atoms with van der Waals surface area (Å²) in [4.78, 5) is 25.1. The van der Waals surface area contributed by atoms with Crippen LogP contribution in [-0.2, 0) is 16.9 Å². The third-order valence-corrected chi connectivity index (χ3v) is 7.08. The lowest BCUT2D eigenvalue weighted by Crippen LogP contribution is -2.54. The number of rotatable bonds is 5. The Morgan fingerprint density at radius 2 is 1.76 bits per heavy atom. The van der Waals surface area contributed by atoms with Crippen molar-refractivity contribution >= 4 is 27.5 Å². The molecule has 1 spiro atoms. The number of hydrogen-bond acceptors (Lipinski definition) is 5. The first-order valence-corrected chi connectivity index (χ1v) is 11.5. The van der Waals surface area contributed by atoms with E-state index >= 15 is 0 Å². The summed E-state index contributed by atoms with van der Waals surface area (Å²) in [5.41, 5.74) is 1.67. The quantitative estimate of drug-likeness (QED) is 0.388. The van der Waals surface area contributed by atoms with Gasteiger partial charge in [0, 0.05) is 26.7 Å². The van der Waals surface area contributed by atoms with Gasteiger partial charge >= 0.3 is 0 Å². The number of anilines is 1. The van der Waals surface area contributed by atoms with Crippen LogP contribution in [0.5, 0.6) is 5.75 Å². The van der Waals surface area contributed by atoms with E-state index in [-0.39, 0.29) is 16.9 Å². The zero-order chi connectivity index (χ0) is 23.2. The first-order chi connectivity index (χ1) is 15.9. The minimum Gasteiger partial charge on any atom is -0.489 e. The Kier molecular flexibility index (Phi) is 5.42. The van der Waals surface area contributed by atoms with Gasteiger partial charge in [0.05, 0.1) is 5.92 Å². The van der Waals surface area contributed by atoms with E-state index < -0.39 is 17.5 Å². The lowest BCUT2D eigenvalue weighted by atomic mass is 9.78. The highest BCUT2D eigenvalue weighted by Gasteiger charge is 2.67. The minimum atomic E-state index is -1.40. The topological polar surface area (TPSA) is 93.5 Å². The Bertz CT molecular complexity index is 1220. The summed E-state index contributed by atoms with van der Waals surface area (Å²) < 4.78 is 6.88. The Labute approximate surface area is 199 Å². The second-order valence-corrected chi connectivity index (χ2v) is 9.40. The number of nitro groups is 1. The van der Waals surface area contributed by atoms with Crippen molar-refractivity contribution in [3.05, 3.63) is 104 Å². The Hall–Kier alpha value is -3.23. The number of nitrogens with zero attached hydrogens (tertiary/aromatic N) is 1. The third-order valence-electron chi connectivity index (χ3n) is 6.55. The maximum Gasteiger partial charge on any atom is 0.256 e. The second-order valence-electron chi connectivity index (χ2n) is 8.48. The molecule has 3 aromatic carbocycles. The van der Waals surface area contributed by atoms with Crippen LogP contribution >= 0.6 is 15.9 Å². The second kappa shape index (κ2) is 8.28. The first kappa shape index (κ1) is 21.6. The summed E-state index contributed by atoms with van der Waals surface area (Å²) in [5, 5.41) is 18.5. The lowest BCUT2D eigenvalue weighted by molar-refractivity contribution is -0.532. The molecule has 0 aromatic heterocycles. The predicted octanol–water partition coefficient (Wildman–Crippen LogP) is 4.60. The molecule has 0 unspecified atom stereocenters. The van der Waals surface area contributed by atoms with Crippen LogP contribution in [0.15, 0.2) is 77.3 Å². The number of benzene rings is 3. The van der Waals surface area contributed by atoms with Crippen LogP contribution < -0.4 is 15.4 Å². The van der Waals surface area contributed by atoms with Crippen molar-refractivity contribution in [1.82, 2.24) is 5.32 Å². The number of carbonyl (C=O) groups is 1. The van der Waals surface area contributed by atoms with Crippen LogP contribution in [0, 0.1) is 10.1 Å². The van der Waals surface area contributed by atoms with E-state index in [1.54, 1.807) is 18.2 Å². The van der Waals surface area contributed by atoms with E-state index in [1.165, 1.54) is 0 Å². The molecule has 2 aliphatic rings. The Balaban J connectivity index is 1.42. The standard InChI is InChI=1S/C25H22BrN3O4/c1-15-22(17-8-12-19(13-9-17)33-14-16-6-10-18(26)11-7-16)23(29(31)32)25(28-15)20-4-2-3-5-21(20)27-24(25)30/h2-13,15,22-23,28H,14H2,1H3,(H,27,30)/t15-,22+,23+,25-/m0/s1. The summed E-state index contributed by atoms with van der Waals surface area (Å²) >= 11 is 3.42. The SMILES string of the molecule is C[C@@H]1N[C@]2(C(=O)Nc3ccccc32)[C@H]([N+](=O)[O-])[C@H]1c1ccc(OCc2ccc(Br)cc2)cc1. The molecule has 168 valence electrons. The molecule has 8 heteroatoms. The van der Waals surface area contributed by atoms with Crippen LogP contribution in [0.4, 0.5) is 5.69 Å². The highest BCUT2D eigenvalue weighted by molar-refractivity contribution is 9.10. The molecule has 2 heterocycles. The fourth-order valence-electron chi connectivity index (χ4n) is 5.09. The van der Waals surface area contributed by atoms with Gasteiger partial charge in [-0.15, -0.1) is 0 Å². The van der Waals surface area contributed by atoms with Crippen LogP contribution in [-0.4, -0.2) is 22.9 Å². The number of carbonyl (C=O) groups excluding carboxylic acids is 1. The number of ether oxygens (including phenoxy) is 1. The van der Waals surface area contributed by atoms with Gasteiger partial charge in [0.1, 0.15) is 12.4 Å². The maximum absolute atomic E-state index is 13.1. The fourth-order valence-corrected chi connectivity index (χ4v) is 5.35. The molecule has 1 amide bonds. The average molecular weight is 508 g/mol. The monoisotopic (exact) mass is 507 g/mol. The van der Waals surface area contributed by atoms with Gasteiger partial charge in [0.2, 0.25) is 0 Å². The number of fused-ring (bicyclic) bond motifs is 2. The predicted molar refractivity (Wildman–Crippen MR) is 128 cm³/mol. The van der Waals surface area contributed by atoms with Crippen molar-refractivity contribution in [3.8, 4) is 5.75 Å². The summed E-state index contributed by atoms with van der Waals surface area (Å²) in [6, 6.07) is 21.0. The van der Waals surface area contributed by atoms with Crippen LogP contribution in [0.2, 0.25) is 0 Å². The minimum absolute atomic E-state index is 0.285. The highest BCUT2D eigenvalue weighted by Crippen LogP contribution is 2.49. The molecule has 3 aromatic rings. The van der Waals surface area contributed by atoms with Crippen molar-refractivity contribution in [3.63, 3.8) is 0 Å². The molecule has 1 fully saturated rings. The number of amides is 1. The van der Waals surface area contributed by atoms with E-state index in [0.29, 0.717) is 23.6 Å². The fraction of sp³-hybridized carbons (Fsp3) is 0.240. The molecular weight excluding hydrogens is 486 g/mol. The average Bonchev–Trinajstić information content (AvgIpc) is 3.27. The Morgan fingerprint density at radius 3 is 2.45 bits per heavy atom. The zero-order valence-electron chi connectivity index (χ0n) is 17.8.